The second-order valence-electron chi connectivity index (χ2n) is 11.3. The van der Waals surface area contributed by atoms with Crippen LogP contribution in [0.5, 0.6) is 11.5 Å². The molecular weight excluding hydrogens is 509 g/mol. The van der Waals surface area contributed by atoms with Crippen molar-refractivity contribution in [2.75, 3.05) is 26.2 Å². The Labute approximate surface area is 231 Å². The van der Waals surface area contributed by atoms with Gasteiger partial charge in [0.1, 0.15) is 23.7 Å². The molecule has 0 bridgehead atoms. The molecule has 2 aliphatic heterocycles. The molecule has 0 saturated carbocycles. The van der Waals surface area contributed by atoms with Gasteiger partial charge in [-0.1, -0.05) is 42.6 Å². The number of fused-ring (bicyclic) bond motifs is 2. The van der Waals surface area contributed by atoms with Gasteiger partial charge in [-0.2, -0.15) is 0 Å². The molecule has 2 aliphatic rings. The van der Waals surface area contributed by atoms with Gasteiger partial charge in [0, 0.05) is 39.2 Å². The van der Waals surface area contributed by atoms with Crippen LogP contribution in [0.15, 0.2) is 30.3 Å². The van der Waals surface area contributed by atoms with Crippen molar-refractivity contribution in [2.45, 2.75) is 83.8 Å². The number of hydrogen-bond acceptors (Lipinski definition) is 5. The molecule has 5 nitrogen and oxygen atoms in total. The van der Waals surface area contributed by atoms with E-state index in [1.165, 1.54) is 5.56 Å². The zero-order valence-electron chi connectivity index (χ0n) is 22.5. The average Bonchev–Trinajstić information content (AvgIpc) is 3.18. The molecule has 1 spiro atoms. The van der Waals surface area contributed by atoms with E-state index in [0.717, 1.165) is 74.4 Å². The van der Waals surface area contributed by atoms with Gasteiger partial charge >= 0.3 is 5.97 Å². The highest BCUT2D eigenvalue weighted by molar-refractivity contribution is 6.36. The number of benzene rings is 2. The van der Waals surface area contributed by atoms with Gasteiger partial charge in [0.15, 0.2) is 0 Å². The van der Waals surface area contributed by atoms with Gasteiger partial charge in [0.05, 0.1) is 13.0 Å². The Bertz CT molecular complexity index is 1080. The van der Waals surface area contributed by atoms with Crippen LogP contribution in [0, 0.1) is 0 Å². The van der Waals surface area contributed by atoms with Gasteiger partial charge in [0.25, 0.3) is 0 Å². The fourth-order valence-electron chi connectivity index (χ4n) is 5.18. The normalized spacial score (nSPS) is 16.9. The maximum atomic E-state index is 12.1. The highest BCUT2D eigenvalue weighted by atomic mass is 35.5. The topological polar surface area (TPSA) is 48.0 Å². The first-order valence-corrected chi connectivity index (χ1v) is 14.2. The van der Waals surface area contributed by atoms with Crippen LogP contribution < -0.4 is 9.47 Å². The van der Waals surface area contributed by atoms with E-state index in [2.05, 4.69) is 17.9 Å². The molecule has 0 aromatic heterocycles. The fourth-order valence-corrected chi connectivity index (χ4v) is 5.82. The van der Waals surface area contributed by atoms with Gasteiger partial charge in [-0.05, 0) is 83.3 Å². The number of hydrogen-bond donors (Lipinski definition) is 0. The minimum absolute atomic E-state index is 0.0250. The van der Waals surface area contributed by atoms with Crippen LogP contribution in [-0.2, 0) is 28.0 Å². The third-order valence-corrected chi connectivity index (χ3v) is 7.97. The maximum Gasteiger partial charge on any atom is 0.307 e. The molecule has 0 radical (unpaired) electrons. The van der Waals surface area contributed by atoms with Crippen LogP contribution in [-0.4, -0.2) is 42.7 Å². The van der Waals surface area contributed by atoms with Crippen LogP contribution in [0.1, 0.15) is 76.5 Å². The zero-order chi connectivity index (χ0) is 26.6. The number of rotatable bonds is 9. The lowest BCUT2D eigenvalue weighted by Gasteiger charge is -2.38. The van der Waals surface area contributed by atoms with Gasteiger partial charge in [-0.15, -0.1) is 0 Å². The number of carbonyl (C=O) groups is 1. The monoisotopic (exact) mass is 547 g/mol. The lowest BCUT2D eigenvalue weighted by molar-refractivity contribution is -0.155. The number of nitrogens with zero attached hydrogens (tertiary/aromatic N) is 1. The van der Waals surface area contributed by atoms with Gasteiger partial charge in [-0.25, -0.2) is 0 Å². The number of piperidine rings is 1. The number of aryl methyl sites for hydroxylation is 1. The summed E-state index contributed by atoms with van der Waals surface area (Å²) in [7, 11) is 0. The van der Waals surface area contributed by atoms with E-state index in [-0.39, 0.29) is 11.4 Å². The van der Waals surface area contributed by atoms with Crippen molar-refractivity contribution in [1.29, 1.82) is 0 Å². The predicted molar refractivity (Wildman–Crippen MR) is 149 cm³/mol. The largest absolute Gasteiger partial charge is 0.492 e. The third-order valence-electron chi connectivity index (χ3n) is 7.30. The lowest BCUT2D eigenvalue weighted by atomic mass is 9.74. The average molecular weight is 549 g/mol. The van der Waals surface area contributed by atoms with Crippen molar-refractivity contribution < 1.29 is 19.0 Å². The van der Waals surface area contributed by atoms with Crippen LogP contribution in [0.25, 0.3) is 0 Å². The van der Waals surface area contributed by atoms with Gasteiger partial charge < -0.3 is 19.1 Å². The van der Waals surface area contributed by atoms with E-state index in [1.807, 2.05) is 45.0 Å². The Morgan fingerprint density at radius 2 is 1.81 bits per heavy atom. The van der Waals surface area contributed by atoms with Crippen molar-refractivity contribution in [3.8, 4) is 11.5 Å². The summed E-state index contributed by atoms with van der Waals surface area (Å²) in [6.07, 6.45) is 5.65. The number of unbranched alkanes of at least 4 members (excludes halogenated alkanes) is 1. The third kappa shape index (κ3) is 7.13. The molecule has 4 rings (SSSR count). The molecule has 1 fully saturated rings. The first-order chi connectivity index (χ1) is 17.6. The van der Waals surface area contributed by atoms with Crippen molar-refractivity contribution in [2.24, 2.45) is 0 Å². The highest BCUT2D eigenvalue weighted by Crippen LogP contribution is 2.46. The first-order valence-electron chi connectivity index (χ1n) is 13.4. The summed E-state index contributed by atoms with van der Waals surface area (Å²) in [4.78, 5) is 14.4. The zero-order valence-corrected chi connectivity index (χ0v) is 24.0. The number of esters is 1. The lowest BCUT2D eigenvalue weighted by Crippen LogP contribution is -2.44. The summed E-state index contributed by atoms with van der Waals surface area (Å²) in [5.41, 5.74) is 2.81. The quantitative estimate of drug-likeness (QED) is 0.306. The van der Waals surface area contributed by atoms with Crippen molar-refractivity contribution in [3.63, 3.8) is 0 Å². The summed E-state index contributed by atoms with van der Waals surface area (Å²) in [6, 6.07) is 10.1. The van der Waals surface area contributed by atoms with E-state index in [1.54, 1.807) is 0 Å². The van der Waals surface area contributed by atoms with Crippen LogP contribution >= 0.6 is 23.2 Å². The second-order valence-corrected chi connectivity index (χ2v) is 12.1. The molecule has 0 N–H and O–H groups in total. The van der Waals surface area contributed by atoms with E-state index in [9.17, 15) is 4.79 Å². The number of carbonyl (C=O) groups excluding carboxylic acids is 1. The highest BCUT2D eigenvalue weighted by Gasteiger charge is 2.43. The SMILES string of the molecule is CCCCc1cc(Cl)c(COc2ccc3c(c2)OCC32CCN(CCC(=O)OC(C)(C)C)CC2)c(Cl)c1. The van der Waals surface area contributed by atoms with Crippen molar-refractivity contribution in [1.82, 2.24) is 4.90 Å². The summed E-state index contributed by atoms with van der Waals surface area (Å²) >= 11 is 13.1. The Hall–Kier alpha value is -1.95. The fraction of sp³-hybridized carbons (Fsp3) is 0.567. The van der Waals surface area contributed by atoms with Crippen LogP contribution in [0.3, 0.4) is 0 Å². The molecule has 202 valence electrons. The molecular formula is C30H39Cl2NO4. The molecule has 0 aliphatic carbocycles. The Balaban J connectivity index is 1.32. The minimum atomic E-state index is -0.437. The number of halogens is 2. The van der Waals surface area contributed by atoms with Gasteiger partial charge in [0.2, 0.25) is 0 Å². The standard InChI is InChI=1S/C30H39Cl2NO4/c1-5-6-7-21-16-25(31)23(26(32)17-21)19-35-22-8-9-24-27(18-22)36-20-30(24)11-14-33(15-12-30)13-10-28(34)37-29(2,3)4/h8-9,16-18H,5-7,10-15,19-20H2,1-4H3. The first kappa shape index (κ1) is 28.1. The molecule has 0 atom stereocenters. The summed E-state index contributed by atoms with van der Waals surface area (Å²) < 4.78 is 17.7. The predicted octanol–water partition coefficient (Wildman–Crippen LogP) is 7.37. The number of likely N-dealkylation sites (tertiary alicyclic amines) is 1. The summed E-state index contributed by atoms with van der Waals surface area (Å²) in [5, 5.41) is 1.29. The van der Waals surface area contributed by atoms with Gasteiger partial charge in [-0.3, -0.25) is 4.79 Å². The minimum Gasteiger partial charge on any atom is -0.492 e. The molecule has 37 heavy (non-hydrogen) atoms. The summed E-state index contributed by atoms with van der Waals surface area (Å²) in [5.74, 6) is 1.50. The van der Waals surface area contributed by atoms with E-state index in [4.69, 9.17) is 37.4 Å². The van der Waals surface area contributed by atoms with Crippen LogP contribution in [0.2, 0.25) is 10.0 Å². The molecule has 2 aromatic rings. The molecule has 7 heteroatoms. The second kappa shape index (κ2) is 11.8. The molecule has 0 unspecified atom stereocenters. The molecule has 2 heterocycles. The molecule has 0 amide bonds. The molecule has 2 aromatic carbocycles. The summed E-state index contributed by atoms with van der Waals surface area (Å²) in [6.45, 7) is 11.5. The maximum absolute atomic E-state index is 12.1. The Kier molecular flexibility index (Phi) is 8.98. The van der Waals surface area contributed by atoms with Crippen molar-refractivity contribution in [3.05, 3.63) is 57.1 Å². The van der Waals surface area contributed by atoms with E-state index in [0.29, 0.717) is 29.7 Å². The Morgan fingerprint density at radius 3 is 2.46 bits per heavy atom. The Morgan fingerprint density at radius 1 is 1.11 bits per heavy atom. The number of ether oxygens (including phenoxy) is 3. The van der Waals surface area contributed by atoms with E-state index >= 15 is 0 Å². The van der Waals surface area contributed by atoms with Crippen LogP contribution in [0.4, 0.5) is 0 Å². The van der Waals surface area contributed by atoms with E-state index < -0.39 is 5.60 Å². The smallest absolute Gasteiger partial charge is 0.307 e. The van der Waals surface area contributed by atoms with Crippen molar-refractivity contribution >= 4 is 29.2 Å². The molecule has 1 saturated heterocycles.